The van der Waals surface area contributed by atoms with Gasteiger partial charge < -0.3 is 14.2 Å². The molecule has 2 rings (SSSR count). The van der Waals surface area contributed by atoms with E-state index in [-0.39, 0.29) is 31.6 Å². The lowest BCUT2D eigenvalue weighted by molar-refractivity contribution is -0.384. The molecule has 18 heteroatoms. The van der Waals surface area contributed by atoms with Gasteiger partial charge in [0.2, 0.25) is 0 Å². The molecule has 0 bridgehead atoms. The molecule has 0 aromatic heterocycles. The molecule has 0 aliphatic heterocycles. The van der Waals surface area contributed by atoms with Crippen LogP contribution in [0, 0.1) is 20.2 Å². The number of carbonyl (C=O) groups is 3. The Balaban J connectivity index is 0.000000472. The third kappa shape index (κ3) is 12.6. The Kier molecular flexibility index (Phi) is 13.6. The van der Waals surface area contributed by atoms with Crippen LogP contribution in [0.4, 0.5) is 37.1 Å². The molecule has 0 radical (unpaired) electrons. The number of hydrogen-bond acceptors (Lipinski definition) is 10. The molecule has 0 saturated heterocycles. The summed E-state index contributed by atoms with van der Waals surface area (Å²) in [7, 11) is 0. The molecule has 0 heterocycles. The van der Waals surface area contributed by atoms with Crippen LogP contribution in [0.1, 0.15) is 62.3 Å². The fraction of sp³-hybridized carbons (Fsp3) is 0.444. The van der Waals surface area contributed by atoms with Crippen molar-refractivity contribution in [1.29, 1.82) is 0 Å². The maximum atomic E-state index is 12.6. The molecular formula is C27H32Br2Cl2N4O10. The average molecular weight is 803 g/mol. The Labute approximate surface area is 286 Å². The van der Waals surface area contributed by atoms with Crippen LogP contribution >= 0.6 is 55.1 Å². The number of imide groups is 1. The number of amides is 3. The summed E-state index contributed by atoms with van der Waals surface area (Å²) >= 11 is 18.0. The molecule has 0 aliphatic carbocycles. The predicted octanol–water partition coefficient (Wildman–Crippen LogP) is 10.0. The van der Waals surface area contributed by atoms with Gasteiger partial charge in [0.05, 0.1) is 9.85 Å². The average Bonchev–Trinajstić information content (AvgIpc) is 2.80. The highest BCUT2D eigenvalue weighted by molar-refractivity contribution is 9.10. The van der Waals surface area contributed by atoms with E-state index in [1.165, 1.54) is 24.3 Å². The van der Waals surface area contributed by atoms with E-state index in [1.54, 1.807) is 62.3 Å². The van der Waals surface area contributed by atoms with Gasteiger partial charge in [0.1, 0.15) is 38.2 Å². The first-order valence-electron chi connectivity index (χ1n) is 12.8. The standard InChI is InChI=1S/C16H20BrClN2O6.C11H12BrClN2O4/c1-15(2,3)25-13(21)19(14(22)26-16(4,5)6)10-8-7-9(17)11(18)12(10)20(23)24;1-11(2,3)19-10(16)14-7-5-4-6(12)8(13)9(7)15(17)18/h7-8H,1-6H3;4-5H,1-3H3,(H,14,16). The van der Waals surface area contributed by atoms with Crippen molar-refractivity contribution >= 4 is 96.1 Å². The fourth-order valence-corrected chi connectivity index (χ4v) is 4.11. The first-order chi connectivity index (χ1) is 20.3. The summed E-state index contributed by atoms with van der Waals surface area (Å²) < 4.78 is 16.0. The van der Waals surface area contributed by atoms with E-state index < -0.39 is 50.6 Å². The number of rotatable bonds is 4. The molecule has 0 aliphatic rings. The minimum atomic E-state index is -1.12. The molecule has 0 unspecified atom stereocenters. The number of halogens is 4. The summed E-state index contributed by atoms with van der Waals surface area (Å²) in [5, 5.41) is 24.4. The van der Waals surface area contributed by atoms with E-state index in [0.29, 0.717) is 9.37 Å². The van der Waals surface area contributed by atoms with Gasteiger partial charge in [-0.25, -0.2) is 14.4 Å². The molecule has 0 saturated carbocycles. The normalized spacial score (nSPS) is 11.4. The van der Waals surface area contributed by atoms with E-state index in [9.17, 15) is 34.6 Å². The van der Waals surface area contributed by atoms with Crippen LogP contribution in [0.25, 0.3) is 0 Å². The molecule has 3 amide bonds. The Morgan fingerprint density at radius 3 is 1.47 bits per heavy atom. The second-order valence-electron chi connectivity index (χ2n) is 11.9. The van der Waals surface area contributed by atoms with E-state index >= 15 is 0 Å². The Bertz CT molecular complexity index is 1460. The molecule has 0 fully saturated rings. The quantitative estimate of drug-likeness (QED) is 0.177. The number of nitrogens with zero attached hydrogens (tertiary/aromatic N) is 3. The summed E-state index contributed by atoms with van der Waals surface area (Å²) in [6.07, 6.45) is -3.02. The van der Waals surface area contributed by atoms with Crippen LogP contribution < -0.4 is 10.2 Å². The highest BCUT2D eigenvalue weighted by Gasteiger charge is 2.38. The largest absolute Gasteiger partial charge is 0.444 e. The zero-order valence-electron chi connectivity index (χ0n) is 25.7. The van der Waals surface area contributed by atoms with E-state index in [2.05, 4.69) is 37.2 Å². The third-order valence-corrected chi connectivity index (χ3v) is 7.05. The molecule has 0 atom stereocenters. The van der Waals surface area contributed by atoms with Crippen LogP contribution in [-0.2, 0) is 14.2 Å². The topological polar surface area (TPSA) is 180 Å². The SMILES string of the molecule is CC(C)(C)OC(=O)N(C(=O)OC(C)(C)C)c1ccc(Br)c(Cl)c1[N+](=O)[O-].CC(C)(C)OC(=O)Nc1ccc(Br)c(Cl)c1[N+](=O)[O-]. The van der Waals surface area contributed by atoms with Gasteiger partial charge in [-0.3, -0.25) is 25.5 Å². The van der Waals surface area contributed by atoms with Crippen LogP contribution in [-0.4, -0.2) is 44.9 Å². The number of ether oxygens (including phenoxy) is 3. The minimum absolute atomic E-state index is 0.0209. The minimum Gasteiger partial charge on any atom is -0.444 e. The summed E-state index contributed by atoms with van der Waals surface area (Å²) in [6, 6.07) is 5.47. The number of hydrogen-bond donors (Lipinski definition) is 1. The molecular weight excluding hydrogens is 771 g/mol. The second kappa shape index (κ2) is 15.4. The van der Waals surface area contributed by atoms with Gasteiger partial charge in [-0.1, -0.05) is 23.2 Å². The van der Waals surface area contributed by atoms with Crippen molar-refractivity contribution in [2.24, 2.45) is 0 Å². The molecule has 248 valence electrons. The summed E-state index contributed by atoms with van der Waals surface area (Å²) in [5.74, 6) is 0. The van der Waals surface area contributed by atoms with Gasteiger partial charge in [-0.2, -0.15) is 4.90 Å². The Morgan fingerprint density at radius 2 is 1.09 bits per heavy atom. The fourth-order valence-electron chi connectivity index (χ4n) is 3.00. The number of carbonyl (C=O) groups excluding carboxylic acids is 3. The molecule has 2 aromatic rings. The molecule has 1 N–H and O–H groups in total. The zero-order valence-corrected chi connectivity index (χ0v) is 30.4. The lowest BCUT2D eigenvalue weighted by Crippen LogP contribution is -2.44. The van der Waals surface area contributed by atoms with E-state index in [1.807, 2.05) is 0 Å². The van der Waals surface area contributed by atoms with Crippen molar-refractivity contribution in [3.05, 3.63) is 63.5 Å². The molecule has 2 aromatic carbocycles. The van der Waals surface area contributed by atoms with Crippen LogP contribution in [0.5, 0.6) is 0 Å². The van der Waals surface area contributed by atoms with Gasteiger partial charge in [0, 0.05) is 8.95 Å². The van der Waals surface area contributed by atoms with Crippen molar-refractivity contribution in [1.82, 2.24) is 0 Å². The van der Waals surface area contributed by atoms with Crippen LogP contribution in [0.15, 0.2) is 33.2 Å². The zero-order chi connectivity index (χ0) is 35.2. The first-order valence-corrected chi connectivity index (χ1v) is 15.1. The predicted molar refractivity (Wildman–Crippen MR) is 176 cm³/mol. The number of nitro groups is 2. The van der Waals surface area contributed by atoms with Crippen molar-refractivity contribution in [3.8, 4) is 0 Å². The number of nitrogens with one attached hydrogen (secondary N) is 1. The number of anilines is 2. The Morgan fingerprint density at radius 1 is 0.711 bits per heavy atom. The van der Waals surface area contributed by atoms with Gasteiger partial charge in [0.15, 0.2) is 0 Å². The van der Waals surface area contributed by atoms with Crippen LogP contribution in [0.3, 0.4) is 0 Å². The Hall–Kier alpha value is -3.21. The lowest BCUT2D eigenvalue weighted by Gasteiger charge is -2.28. The third-order valence-electron chi connectivity index (χ3n) is 4.51. The smallest absolute Gasteiger partial charge is 0.424 e. The van der Waals surface area contributed by atoms with Crippen molar-refractivity contribution in [2.75, 3.05) is 10.2 Å². The van der Waals surface area contributed by atoms with Gasteiger partial charge in [-0.15, -0.1) is 0 Å². The number of nitro benzene ring substituents is 2. The van der Waals surface area contributed by atoms with Crippen molar-refractivity contribution in [3.63, 3.8) is 0 Å². The van der Waals surface area contributed by atoms with Gasteiger partial charge >= 0.3 is 29.7 Å². The summed E-state index contributed by atoms with van der Waals surface area (Å²) in [5.41, 5.74) is -3.96. The lowest BCUT2D eigenvalue weighted by atomic mass is 10.2. The van der Waals surface area contributed by atoms with Crippen molar-refractivity contribution in [2.45, 2.75) is 79.1 Å². The molecule has 0 spiro atoms. The molecule has 45 heavy (non-hydrogen) atoms. The van der Waals surface area contributed by atoms with E-state index in [4.69, 9.17) is 37.4 Å². The highest BCUT2D eigenvalue weighted by atomic mass is 79.9. The number of benzene rings is 2. The maximum Gasteiger partial charge on any atom is 0.424 e. The maximum absolute atomic E-state index is 12.6. The second-order valence-corrected chi connectivity index (χ2v) is 14.4. The first kappa shape index (κ1) is 39.8. The summed E-state index contributed by atoms with van der Waals surface area (Å²) in [4.78, 5) is 58.2. The van der Waals surface area contributed by atoms with E-state index in [0.717, 1.165) is 0 Å². The highest BCUT2D eigenvalue weighted by Crippen LogP contribution is 2.41. The molecule has 14 nitrogen and oxygen atoms in total. The van der Waals surface area contributed by atoms with Gasteiger partial charge in [0.25, 0.3) is 0 Å². The monoisotopic (exact) mass is 800 g/mol. The van der Waals surface area contributed by atoms with Crippen LogP contribution in [0.2, 0.25) is 10.0 Å². The summed E-state index contributed by atoms with van der Waals surface area (Å²) in [6.45, 7) is 14.7. The van der Waals surface area contributed by atoms with Gasteiger partial charge in [-0.05, 0) is 118 Å². The van der Waals surface area contributed by atoms with Crippen molar-refractivity contribution < 1.29 is 38.4 Å².